The van der Waals surface area contributed by atoms with Crippen molar-refractivity contribution in [2.24, 2.45) is 7.05 Å². The van der Waals surface area contributed by atoms with Crippen molar-refractivity contribution >= 4 is 22.1 Å². The SMILES string of the molecule is Cc1ncc(C)n2nc(C3CCC3c3nc4c5ccccc5cc[n+]4n3C)nc12. The van der Waals surface area contributed by atoms with E-state index in [1.807, 2.05) is 24.6 Å². The zero-order valence-electron chi connectivity index (χ0n) is 16.7. The van der Waals surface area contributed by atoms with Gasteiger partial charge < -0.3 is 0 Å². The summed E-state index contributed by atoms with van der Waals surface area (Å²) in [6.07, 6.45) is 6.14. The van der Waals surface area contributed by atoms with Crippen molar-refractivity contribution in [1.29, 1.82) is 0 Å². The zero-order chi connectivity index (χ0) is 19.7. The standard InChI is InChI=1S/C22H22N7/c1-13-12-23-14(2)20-24-19(26-29(13)20)17-8-9-18(17)21-25-22-16-7-5-4-6-15(16)10-11-28(22)27(21)3/h4-7,10-12,17-18H,8-9H2,1-3H3/q+1. The van der Waals surface area contributed by atoms with Crippen molar-refractivity contribution in [3.63, 3.8) is 0 Å². The highest BCUT2D eigenvalue weighted by Crippen LogP contribution is 2.47. The van der Waals surface area contributed by atoms with E-state index < -0.39 is 0 Å². The van der Waals surface area contributed by atoms with Gasteiger partial charge in [0, 0.05) is 12.1 Å². The Labute approximate surface area is 167 Å². The molecule has 7 nitrogen and oxygen atoms in total. The molecule has 2 atom stereocenters. The van der Waals surface area contributed by atoms with Crippen LogP contribution in [0.4, 0.5) is 0 Å². The normalized spacial score (nSPS) is 19.3. The number of fused-ring (bicyclic) bond motifs is 4. The Morgan fingerprint density at radius 2 is 1.86 bits per heavy atom. The number of hydrogen-bond donors (Lipinski definition) is 0. The minimum absolute atomic E-state index is 0.288. The van der Waals surface area contributed by atoms with Crippen LogP contribution in [-0.2, 0) is 7.05 Å². The maximum absolute atomic E-state index is 5.08. The molecule has 7 heteroatoms. The van der Waals surface area contributed by atoms with Gasteiger partial charge in [-0.2, -0.15) is 9.78 Å². The van der Waals surface area contributed by atoms with Crippen LogP contribution in [0, 0.1) is 13.8 Å². The van der Waals surface area contributed by atoms with Gasteiger partial charge in [-0.3, -0.25) is 4.98 Å². The predicted octanol–water partition coefficient (Wildman–Crippen LogP) is 3.03. The quantitative estimate of drug-likeness (QED) is 0.439. The number of aromatic nitrogens is 7. The van der Waals surface area contributed by atoms with Gasteiger partial charge in [0.15, 0.2) is 11.5 Å². The minimum Gasteiger partial charge on any atom is -0.256 e. The molecule has 0 radical (unpaired) electrons. The lowest BCUT2D eigenvalue weighted by atomic mass is 9.72. The number of rotatable bonds is 2. The molecule has 0 bridgehead atoms. The fourth-order valence-corrected chi connectivity index (χ4v) is 4.54. The molecule has 0 N–H and O–H groups in total. The molecule has 4 aromatic heterocycles. The first-order valence-electron chi connectivity index (χ1n) is 10.1. The monoisotopic (exact) mass is 384 g/mol. The van der Waals surface area contributed by atoms with Gasteiger partial charge in [0.2, 0.25) is 0 Å². The van der Waals surface area contributed by atoms with Crippen LogP contribution in [0.15, 0.2) is 42.7 Å². The third-order valence-corrected chi connectivity index (χ3v) is 6.35. The Hall–Kier alpha value is -3.35. The number of benzene rings is 1. The largest absolute Gasteiger partial charge is 0.356 e. The molecular weight excluding hydrogens is 362 g/mol. The van der Waals surface area contributed by atoms with Crippen molar-refractivity contribution in [2.75, 3.05) is 0 Å². The topological polar surface area (TPSA) is 65.0 Å². The van der Waals surface area contributed by atoms with E-state index in [9.17, 15) is 0 Å². The molecule has 0 saturated heterocycles. The molecule has 5 aromatic rings. The molecular formula is C22H22N7+. The summed E-state index contributed by atoms with van der Waals surface area (Å²) < 4.78 is 6.24. The Balaban J connectivity index is 1.47. The van der Waals surface area contributed by atoms with E-state index in [2.05, 4.69) is 57.8 Å². The lowest BCUT2D eigenvalue weighted by Gasteiger charge is -2.31. The summed E-state index contributed by atoms with van der Waals surface area (Å²) in [7, 11) is 2.09. The first-order valence-corrected chi connectivity index (χ1v) is 10.1. The molecule has 0 amide bonds. The Morgan fingerprint density at radius 3 is 2.66 bits per heavy atom. The molecule has 2 unspecified atom stereocenters. The predicted molar refractivity (Wildman–Crippen MR) is 109 cm³/mol. The van der Waals surface area contributed by atoms with Gasteiger partial charge in [-0.15, -0.1) is 4.52 Å². The summed E-state index contributed by atoms with van der Waals surface area (Å²) in [5.41, 5.74) is 3.78. The van der Waals surface area contributed by atoms with E-state index in [0.29, 0.717) is 5.92 Å². The van der Waals surface area contributed by atoms with E-state index in [4.69, 9.17) is 15.1 Å². The van der Waals surface area contributed by atoms with E-state index in [1.54, 1.807) is 0 Å². The summed E-state index contributed by atoms with van der Waals surface area (Å²) >= 11 is 0. The molecule has 1 aliphatic rings. The third-order valence-electron chi connectivity index (χ3n) is 6.35. The van der Waals surface area contributed by atoms with Gasteiger partial charge in [-0.05, 0) is 49.2 Å². The average Bonchev–Trinajstić information content (AvgIpc) is 3.28. The van der Waals surface area contributed by atoms with Crippen molar-refractivity contribution in [3.05, 3.63) is 65.8 Å². The number of pyridine rings is 1. The van der Waals surface area contributed by atoms with Crippen LogP contribution in [0.5, 0.6) is 0 Å². The fraction of sp³-hybridized carbons (Fsp3) is 0.318. The molecule has 1 fully saturated rings. The number of aryl methyl sites for hydroxylation is 3. The van der Waals surface area contributed by atoms with E-state index in [0.717, 1.165) is 47.2 Å². The Morgan fingerprint density at radius 1 is 1.03 bits per heavy atom. The molecule has 6 rings (SSSR count). The second-order valence-corrected chi connectivity index (χ2v) is 8.05. The highest BCUT2D eigenvalue weighted by atomic mass is 15.4. The maximum atomic E-state index is 5.08. The molecule has 0 spiro atoms. The second kappa shape index (κ2) is 5.83. The zero-order valence-corrected chi connectivity index (χ0v) is 16.7. The van der Waals surface area contributed by atoms with Crippen LogP contribution in [0.1, 0.15) is 47.7 Å². The smallest absolute Gasteiger partial charge is 0.256 e. The lowest BCUT2D eigenvalue weighted by molar-refractivity contribution is -0.607. The van der Waals surface area contributed by atoms with Gasteiger partial charge in [0.1, 0.15) is 6.20 Å². The highest BCUT2D eigenvalue weighted by Gasteiger charge is 2.43. The fourth-order valence-electron chi connectivity index (χ4n) is 4.54. The van der Waals surface area contributed by atoms with Crippen LogP contribution in [0.3, 0.4) is 0 Å². The van der Waals surface area contributed by atoms with Crippen molar-refractivity contribution < 1.29 is 4.52 Å². The molecule has 1 aromatic carbocycles. The minimum atomic E-state index is 0.288. The van der Waals surface area contributed by atoms with Gasteiger partial charge >= 0.3 is 5.65 Å². The first kappa shape index (κ1) is 16.6. The summed E-state index contributed by atoms with van der Waals surface area (Å²) in [5, 5.41) is 7.21. The molecule has 144 valence electrons. The van der Waals surface area contributed by atoms with Crippen molar-refractivity contribution in [3.8, 4) is 0 Å². The highest BCUT2D eigenvalue weighted by molar-refractivity contribution is 5.91. The summed E-state index contributed by atoms with van der Waals surface area (Å²) in [6.45, 7) is 4.00. The van der Waals surface area contributed by atoms with Crippen LogP contribution in [-0.4, -0.2) is 29.2 Å². The molecule has 1 saturated carbocycles. The van der Waals surface area contributed by atoms with Crippen LogP contribution in [0.2, 0.25) is 0 Å². The van der Waals surface area contributed by atoms with E-state index in [-0.39, 0.29) is 5.92 Å². The average molecular weight is 384 g/mol. The second-order valence-electron chi connectivity index (χ2n) is 8.05. The molecule has 29 heavy (non-hydrogen) atoms. The Kier molecular flexibility index (Phi) is 3.33. The summed E-state index contributed by atoms with van der Waals surface area (Å²) in [5.74, 6) is 2.62. The molecule has 4 heterocycles. The maximum Gasteiger partial charge on any atom is 0.356 e. The van der Waals surface area contributed by atoms with Gasteiger partial charge in [-0.1, -0.05) is 18.2 Å². The van der Waals surface area contributed by atoms with E-state index in [1.165, 1.54) is 10.8 Å². The van der Waals surface area contributed by atoms with Crippen LogP contribution in [0.25, 0.3) is 22.1 Å². The first-order chi connectivity index (χ1) is 14.1. The third kappa shape index (κ3) is 2.27. The van der Waals surface area contributed by atoms with Gasteiger partial charge in [0.25, 0.3) is 5.82 Å². The van der Waals surface area contributed by atoms with Crippen LogP contribution < -0.4 is 4.52 Å². The van der Waals surface area contributed by atoms with Crippen LogP contribution >= 0.6 is 0 Å². The number of hydrogen-bond acceptors (Lipinski definition) is 4. The van der Waals surface area contributed by atoms with E-state index >= 15 is 0 Å². The summed E-state index contributed by atoms with van der Waals surface area (Å²) in [4.78, 5) is 14.4. The molecule has 1 aliphatic carbocycles. The molecule has 0 aliphatic heterocycles. The van der Waals surface area contributed by atoms with Crippen molar-refractivity contribution in [2.45, 2.75) is 38.5 Å². The van der Waals surface area contributed by atoms with Crippen molar-refractivity contribution in [1.82, 2.24) is 29.2 Å². The number of nitrogens with zero attached hydrogens (tertiary/aromatic N) is 7. The van der Waals surface area contributed by atoms with Gasteiger partial charge in [0.05, 0.1) is 29.7 Å². The Bertz CT molecular complexity index is 1370. The van der Waals surface area contributed by atoms with Gasteiger partial charge in [-0.25, -0.2) is 9.50 Å². The summed E-state index contributed by atoms with van der Waals surface area (Å²) in [6, 6.07) is 10.6. The lowest BCUT2D eigenvalue weighted by Crippen LogP contribution is -2.34.